The molecule has 0 aromatic heterocycles. The molecule has 1 aromatic carbocycles. The Labute approximate surface area is 162 Å². The van der Waals surface area contributed by atoms with Crippen molar-refractivity contribution in [2.75, 3.05) is 46.4 Å². The summed E-state index contributed by atoms with van der Waals surface area (Å²) in [5.74, 6) is 0.874. The highest BCUT2D eigenvalue weighted by molar-refractivity contribution is 14.0. The number of hydrogen-bond donors (Lipinski definition) is 2. The minimum atomic E-state index is 0. The Balaban J connectivity index is 0.00000208. The van der Waals surface area contributed by atoms with Gasteiger partial charge >= 0.3 is 0 Å². The molecule has 5 nitrogen and oxygen atoms in total. The van der Waals surface area contributed by atoms with Gasteiger partial charge in [-0.15, -0.1) is 24.0 Å². The van der Waals surface area contributed by atoms with E-state index in [9.17, 15) is 0 Å². The van der Waals surface area contributed by atoms with Crippen molar-refractivity contribution < 1.29 is 4.74 Å². The van der Waals surface area contributed by atoms with Gasteiger partial charge in [-0.05, 0) is 36.0 Å². The van der Waals surface area contributed by atoms with Crippen LogP contribution in [-0.4, -0.2) is 57.3 Å². The van der Waals surface area contributed by atoms with Crippen molar-refractivity contribution in [2.45, 2.75) is 25.8 Å². The molecule has 1 aromatic rings. The van der Waals surface area contributed by atoms with Gasteiger partial charge in [-0.3, -0.25) is 9.89 Å². The van der Waals surface area contributed by atoms with Crippen LogP contribution in [0.5, 0.6) is 0 Å². The lowest BCUT2D eigenvalue weighted by atomic mass is 10.1. The first kappa shape index (κ1) is 19.5. The number of nitrogens with one attached hydrogen (secondary N) is 2. The molecule has 1 heterocycles. The van der Waals surface area contributed by atoms with Crippen molar-refractivity contribution in [1.82, 2.24) is 15.5 Å². The predicted octanol–water partition coefficient (Wildman–Crippen LogP) is 1.79. The van der Waals surface area contributed by atoms with Crippen LogP contribution in [0.3, 0.4) is 0 Å². The van der Waals surface area contributed by atoms with Crippen LogP contribution < -0.4 is 10.6 Å². The minimum Gasteiger partial charge on any atom is -0.379 e. The van der Waals surface area contributed by atoms with E-state index >= 15 is 0 Å². The standard InChI is InChI=1S/C18H28N4O.HI/c1-19-18(20-7-8-22-9-11-23-12-10-22)21-14-15-5-6-16-3-2-4-17(16)13-15;/h5-6,13H,2-4,7-12,14H2,1H3,(H2,19,20,21);1H. The number of nitrogens with zero attached hydrogens (tertiary/aromatic N) is 2. The van der Waals surface area contributed by atoms with E-state index in [2.05, 4.69) is 38.7 Å². The van der Waals surface area contributed by atoms with Crippen LogP contribution in [0.2, 0.25) is 0 Å². The Morgan fingerprint density at radius 1 is 1.17 bits per heavy atom. The third kappa shape index (κ3) is 5.60. The van der Waals surface area contributed by atoms with Gasteiger partial charge in [-0.25, -0.2) is 0 Å². The normalized spacial score (nSPS) is 18.0. The lowest BCUT2D eigenvalue weighted by Gasteiger charge is -2.26. The van der Waals surface area contributed by atoms with Gasteiger partial charge in [0.05, 0.1) is 13.2 Å². The molecule has 2 N–H and O–H groups in total. The predicted molar refractivity (Wildman–Crippen MR) is 109 cm³/mol. The van der Waals surface area contributed by atoms with Gasteiger partial charge in [-0.1, -0.05) is 18.2 Å². The van der Waals surface area contributed by atoms with E-state index in [1.807, 2.05) is 7.05 Å². The van der Waals surface area contributed by atoms with Gasteiger partial charge in [0.15, 0.2) is 5.96 Å². The number of hydrogen-bond acceptors (Lipinski definition) is 3. The van der Waals surface area contributed by atoms with Gasteiger partial charge in [0, 0.05) is 39.8 Å². The van der Waals surface area contributed by atoms with Gasteiger partial charge < -0.3 is 15.4 Å². The topological polar surface area (TPSA) is 48.9 Å². The van der Waals surface area contributed by atoms with Gasteiger partial charge in [-0.2, -0.15) is 0 Å². The summed E-state index contributed by atoms with van der Waals surface area (Å²) < 4.78 is 5.37. The largest absolute Gasteiger partial charge is 0.379 e. The Morgan fingerprint density at radius 2 is 1.96 bits per heavy atom. The molecule has 0 saturated carbocycles. The maximum absolute atomic E-state index is 5.37. The van der Waals surface area contributed by atoms with Crippen LogP contribution in [-0.2, 0) is 24.1 Å². The van der Waals surface area contributed by atoms with Gasteiger partial charge in [0.1, 0.15) is 0 Å². The highest BCUT2D eigenvalue weighted by Crippen LogP contribution is 2.22. The maximum Gasteiger partial charge on any atom is 0.191 e. The molecule has 134 valence electrons. The number of rotatable bonds is 5. The van der Waals surface area contributed by atoms with E-state index in [0.29, 0.717) is 0 Å². The van der Waals surface area contributed by atoms with Crippen LogP contribution in [0.25, 0.3) is 0 Å². The van der Waals surface area contributed by atoms with Crippen LogP contribution in [0.4, 0.5) is 0 Å². The highest BCUT2D eigenvalue weighted by atomic mass is 127. The molecule has 1 aliphatic carbocycles. The van der Waals surface area contributed by atoms with E-state index in [1.165, 1.54) is 36.0 Å². The zero-order valence-electron chi connectivity index (χ0n) is 14.5. The zero-order valence-corrected chi connectivity index (χ0v) is 16.8. The summed E-state index contributed by atoms with van der Waals surface area (Å²) >= 11 is 0. The number of halogens is 1. The lowest BCUT2D eigenvalue weighted by molar-refractivity contribution is 0.0389. The third-order valence-corrected chi connectivity index (χ3v) is 4.67. The fourth-order valence-electron chi connectivity index (χ4n) is 3.30. The molecule has 3 rings (SSSR count). The van der Waals surface area contributed by atoms with Crippen LogP contribution in [0.1, 0.15) is 23.1 Å². The van der Waals surface area contributed by atoms with Crippen molar-refractivity contribution >= 4 is 29.9 Å². The van der Waals surface area contributed by atoms with Crippen molar-refractivity contribution in [3.8, 4) is 0 Å². The van der Waals surface area contributed by atoms with Crippen molar-refractivity contribution in [1.29, 1.82) is 0 Å². The van der Waals surface area contributed by atoms with Crippen LogP contribution >= 0.6 is 24.0 Å². The average Bonchev–Trinajstić information content (AvgIpc) is 3.06. The molecule has 2 aliphatic rings. The number of morpholine rings is 1. The van der Waals surface area contributed by atoms with Gasteiger partial charge in [0.25, 0.3) is 0 Å². The summed E-state index contributed by atoms with van der Waals surface area (Å²) in [6, 6.07) is 6.86. The lowest BCUT2D eigenvalue weighted by Crippen LogP contribution is -2.44. The van der Waals surface area contributed by atoms with Crippen LogP contribution in [0, 0.1) is 0 Å². The summed E-state index contributed by atoms with van der Waals surface area (Å²) in [5, 5.41) is 6.81. The fourth-order valence-corrected chi connectivity index (χ4v) is 3.30. The highest BCUT2D eigenvalue weighted by Gasteiger charge is 2.11. The Bertz CT molecular complexity index is 544. The first-order chi connectivity index (χ1) is 11.3. The monoisotopic (exact) mass is 444 g/mol. The number of aryl methyl sites for hydroxylation is 2. The summed E-state index contributed by atoms with van der Waals surface area (Å²) in [6.45, 7) is 6.53. The minimum absolute atomic E-state index is 0. The molecule has 6 heteroatoms. The summed E-state index contributed by atoms with van der Waals surface area (Å²) in [4.78, 5) is 6.73. The van der Waals surface area contributed by atoms with E-state index in [1.54, 1.807) is 0 Å². The Hall–Kier alpha value is -0.860. The third-order valence-electron chi connectivity index (χ3n) is 4.67. The second kappa shape index (κ2) is 10.2. The molecule has 0 atom stereocenters. The second-order valence-corrected chi connectivity index (χ2v) is 6.26. The van der Waals surface area contributed by atoms with E-state index in [-0.39, 0.29) is 24.0 Å². The molecule has 24 heavy (non-hydrogen) atoms. The molecule has 1 aliphatic heterocycles. The van der Waals surface area contributed by atoms with Crippen molar-refractivity contribution in [2.24, 2.45) is 4.99 Å². The fraction of sp³-hybridized carbons (Fsp3) is 0.611. The smallest absolute Gasteiger partial charge is 0.191 e. The molecule has 1 saturated heterocycles. The maximum atomic E-state index is 5.37. The SMILES string of the molecule is CN=C(NCCN1CCOCC1)NCc1ccc2c(c1)CCC2.I. The Morgan fingerprint density at radius 3 is 2.75 bits per heavy atom. The van der Waals surface area contributed by atoms with E-state index in [4.69, 9.17) is 4.74 Å². The van der Waals surface area contributed by atoms with Gasteiger partial charge in [0.2, 0.25) is 0 Å². The van der Waals surface area contributed by atoms with Crippen LogP contribution in [0.15, 0.2) is 23.2 Å². The summed E-state index contributed by atoms with van der Waals surface area (Å²) in [7, 11) is 1.83. The first-order valence-electron chi connectivity index (χ1n) is 8.70. The number of guanidine groups is 1. The Kier molecular flexibility index (Phi) is 8.28. The molecule has 0 bridgehead atoms. The molecule has 1 fully saturated rings. The number of ether oxygens (including phenoxy) is 1. The zero-order chi connectivity index (χ0) is 15.9. The molecule has 0 amide bonds. The number of fused-ring (bicyclic) bond motifs is 1. The summed E-state index contributed by atoms with van der Waals surface area (Å²) in [5.41, 5.74) is 4.39. The summed E-state index contributed by atoms with van der Waals surface area (Å²) in [6.07, 6.45) is 3.78. The van der Waals surface area contributed by atoms with Crippen molar-refractivity contribution in [3.63, 3.8) is 0 Å². The quantitative estimate of drug-likeness (QED) is 0.413. The number of aliphatic imine (C=N–C) groups is 1. The molecular weight excluding hydrogens is 415 g/mol. The number of benzene rings is 1. The molecule has 0 spiro atoms. The van der Waals surface area contributed by atoms with Crippen molar-refractivity contribution in [3.05, 3.63) is 34.9 Å². The first-order valence-corrected chi connectivity index (χ1v) is 8.70. The molecule has 0 radical (unpaired) electrons. The van der Waals surface area contributed by atoms with E-state index in [0.717, 1.165) is 51.9 Å². The second-order valence-electron chi connectivity index (χ2n) is 6.26. The van der Waals surface area contributed by atoms with E-state index < -0.39 is 0 Å². The molecule has 0 unspecified atom stereocenters. The average molecular weight is 444 g/mol. The molecular formula is C18H29IN4O.